The van der Waals surface area contributed by atoms with Crippen LogP contribution in [0.1, 0.15) is 54.9 Å². The number of carbonyl (C=O) groups is 1. The second-order valence-corrected chi connectivity index (χ2v) is 5.73. The number of aryl methyl sites for hydroxylation is 1. The third kappa shape index (κ3) is 3.49. The van der Waals surface area contributed by atoms with Crippen LogP contribution in [0.4, 0.5) is 5.69 Å². The van der Waals surface area contributed by atoms with Gasteiger partial charge in [0.25, 0.3) is 5.91 Å². The summed E-state index contributed by atoms with van der Waals surface area (Å²) >= 11 is 0. The van der Waals surface area contributed by atoms with Crippen molar-refractivity contribution in [3.05, 3.63) is 29.3 Å². The number of anilines is 1. The van der Waals surface area contributed by atoms with E-state index in [4.69, 9.17) is 5.73 Å². The lowest BCUT2D eigenvalue weighted by molar-refractivity contribution is 0.0919. The topological polar surface area (TPSA) is 55.1 Å². The molecule has 2 rings (SSSR count). The second kappa shape index (κ2) is 6.09. The Morgan fingerprint density at radius 1 is 1.32 bits per heavy atom. The van der Waals surface area contributed by atoms with E-state index in [-0.39, 0.29) is 11.9 Å². The first-order chi connectivity index (χ1) is 9.08. The number of nitrogens with two attached hydrogens (primary N) is 1. The lowest BCUT2D eigenvalue weighted by Crippen LogP contribution is -2.38. The zero-order chi connectivity index (χ0) is 13.8. The molecular formula is C16H24N2O. The van der Waals surface area contributed by atoms with Gasteiger partial charge in [0.1, 0.15) is 0 Å². The van der Waals surface area contributed by atoms with E-state index in [0.717, 1.165) is 5.56 Å². The molecule has 0 spiro atoms. The van der Waals surface area contributed by atoms with Crippen LogP contribution in [0.15, 0.2) is 18.2 Å². The van der Waals surface area contributed by atoms with Gasteiger partial charge in [0, 0.05) is 17.3 Å². The molecule has 1 atom stereocenters. The Hall–Kier alpha value is -1.51. The van der Waals surface area contributed by atoms with E-state index in [1.165, 1.54) is 32.1 Å². The Morgan fingerprint density at radius 3 is 2.63 bits per heavy atom. The molecule has 1 amide bonds. The maximum atomic E-state index is 12.2. The number of hydrogen-bond donors (Lipinski definition) is 2. The molecule has 0 unspecified atom stereocenters. The largest absolute Gasteiger partial charge is 0.398 e. The fourth-order valence-corrected chi connectivity index (χ4v) is 2.82. The Bertz CT molecular complexity index is 450. The van der Waals surface area contributed by atoms with Gasteiger partial charge < -0.3 is 11.1 Å². The van der Waals surface area contributed by atoms with E-state index in [2.05, 4.69) is 12.2 Å². The van der Waals surface area contributed by atoms with Crippen LogP contribution in [0.5, 0.6) is 0 Å². The van der Waals surface area contributed by atoms with Crippen molar-refractivity contribution in [2.45, 2.75) is 52.0 Å². The number of carbonyl (C=O) groups excluding carboxylic acids is 1. The van der Waals surface area contributed by atoms with Crippen molar-refractivity contribution < 1.29 is 4.79 Å². The predicted octanol–water partition coefficient (Wildman–Crippen LogP) is 3.28. The summed E-state index contributed by atoms with van der Waals surface area (Å²) in [6.45, 7) is 4.06. The molecule has 1 fully saturated rings. The van der Waals surface area contributed by atoms with Crippen LogP contribution in [0.2, 0.25) is 0 Å². The molecule has 1 saturated carbocycles. The lowest BCUT2D eigenvalue weighted by atomic mass is 9.84. The third-order valence-electron chi connectivity index (χ3n) is 4.26. The van der Waals surface area contributed by atoms with Crippen LogP contribution in [0, 0.1) is 12.8 Å². The molecule has 104 valence electrons. The van der Waals surface area contributed by atoms with Crippen LogP contribution in [0.25, 0.3) is 0 Å². The highest BCUT2D eigenvalue weighted by Gasteiger charge is 2.21. The molecular weight excluding hydrogens is 236 g/mol. The molecule has 3 N–H and O–H groups in total. The summed E-state index contributed by atoms with van der Waals surface area (Å²) in [4.78, 5) is 12.2. The van der Waals surface area contributed by atoms with Crippen LogP contribution >= 0.6 is 0 Å². The van der Waals surface area contributed by atoms with Gasteiger partial charge in [-0.3, -0.25) is 4.79 Å². The van der Waals surface area contributed by atoms with Crippen molar-refractivity contribution in [2.24, 2.45) is 5.92 Å². The second-order valence-electron chi connectivity index (χ2n) is 5.73. The van der Waals surface area contributed by atoms with Crippen LogP contribution in [-0.2, 0) is 0 Å². The van der Waals surface area contributed by atoms with Gasteiger partial charge >= 0.3 is 0 Å². The lowest BCUT2D eigenvalue weighted by Gasteiger charge is -2.28. The maximum Gasteiger partial charge on any atom is 0.251 e. The first-order valence-corrected chi connectivity index (χ1v) is 7.25. The normalized spacial score (nSPS) is 18.0. The SMILES string of the molecule is Cc1ccc(C(=O)N[C@@H](C)C2CCCCC2)cc1N. The highest BCUT2D eigenvalue weighted by Crippen LogP contribution is 2.26. The standard InChI is InChI=1S/C16H24N2O/c1-11-8-9-14(10-15(11)17)16(19)18-12(2)13-6-4-3-5-7-13/h8-10,12-13H,3-7,17H2,1-2H3,(H,18,19)/t12-/m0/s1. The number of nitrogen functional groups attached to an aromatic ring is 1. The van der Waals surface area contributed by atoms with E-state index in [1.807, 2.05) is 19.1 Å². The van der Waals surface area contributed by atoms with Crippen molar-refractivity contribution in [3.8, 4) is 0 Å². The monoisotopic (exact) mass is 260 g/mol. The minimum atomic E-state index is -0.00947. The molecule has 0 saturated heterocycles. The summed E-state index contributed by atoms with van der Waals surface area (Å²) in [6.07, 6.45) is 6.39. The molecule has 0 aliphatic heterocycles. The molecule has 0 radical (unpaired) electrons. The average Bonchev–Trinajstić information content (AvgIpc) is 2.42. The fourth-order valence-electron chi connectivity index (χ4n) is 2.82. The molecule has 1 aromatic carbocycles. The number of benzene rings is 1. The quantitative estimate of drug-likeness (QED) is 0.819. The summed E-state index contributed by atoms with van der Waals surface area (Å²) in [5.41, 5.74) is 8.20. The van der Waals surface area contributed by atoms with Crippen LogP contribution in [-0.4, -0.2) is 11.9 Å². The number of nitrogens with one attached hydrogen (secondary N) is 1. The Balaban J connectivity index is 1.97. The predicted molar refractivity (Wildman–Crippen MR) is 79.1 cm³/mol. The molecule has 1 aromatic rings. The smallest absolute Gasteiger partial charge is 0.251 e. The van der Waals surface area contributed by atoms with E-state index in [1.54, 1.807) is 6.07 Å². The Labute approximate surface area is 115 Å². The van der Waals surface area contributed by atoms with E-state index < -0.39 is 0 Å². The van der Waals surface area contributed by atoms with Crippen molar-refractivity contribution in [3.63, 3.8) is 0 Å². The molecule has 1 aliphatic carbocycles. The van der Waals surface area contributed by atoms with Gasteiger partial charge in [-0.05, 0) is 50.3 Å². The van der Waals surface area contributed by atoms with Crippen molar-refractivity contribution in [1.82, 2.24) is 5.32 Å². The summed E-state index contributed by atoms with van der Waals surface area (Å²) in [5.74, 6) is 0.616. The Kier molecular flexibility index (Phi) is 4.46. The van der Waals surface area contributed by atoms with E-state index >= 15 is 0 Å². The highest BCUT2D eigenvalue weighted by atomic mass is 16.1. The van der Waals surface area contributed by atoms with Gasteiger partial charge in [-0.25, -0.2) is 0 Å². The minimum absolute atomic E-state index is 0.00947. The van der Waals surface area contributed by atoms with Gasteiger partial charge in [0.15, 0.2) is 0 Å². The van der Waals surface area contributed by atoms with Crippen LogP contribution < -0.4 is 11.1 Å². The van der Waals surface area contributed by atoms with Gasteiger partial charge in [0.2, 0.25) is 0 Å². The first-order valence-electron chi connectivity index (χ1n) is 7.25. The van der Waals surface area contributed by atoms with Crippen LogP contribution in [0.3, 0.4) is 0 Å². The number of hydrogen-bond acceptors (Lipinski definition) is 2. The highest BCUT2D eigenvalue weighted by molar-refractivity contribution is 5.95. The zero-order valence-corrected chi connectivity index (χ0v) is 11.9. The average molecular weight is 260 g/mol. The van der Waals surface area contributed by atoms with E-state index in [0.29, 0.717) is 17.2 Å². The minimum Gasteiger partial charge on any atom is -0.398 e. The molecule has 3 heteroatoms. The molecule has 0 aromatic heterocycles. The van der Waals surface area contributed by atoms with Crippen molar-refractivity contribution in [1.29, 1.82) is 0 Å². The number of amides is 1. The van der Waals surface area contributed by atoms with Gasteiger partial charge in [-0.1, -0.05) is 25.3 Å². The first kappa shape index (κ1) is 13.9. The zero-order valence-electron chi connectivity index (χ0n) is 11.9. The molecule has 3 nitrogen and oxygen atoms in total. The fraction of sp³-hybridized carbons (Fsp3) is 0.562. The third-order valence-corrected chi connectivity index (χ3v) is 4.26. The summed E-state index contributed by atoms with van der Waals surface area (Å²) in [5, 5.41) is 3.12. The van der Waals surface area contributed by atoms with Crippen molar-refractivity contribution in [2.75, 3.05) is 5.73 Å². The maximum absolute atomic E-state index is 12.2. The summed E-state index contributed by atoms with van der Waals surface area (Å²) in [7, 11) is 0. The molecule has 0 heterocycles. The van der Waals surface area contributed by atoms with Gasteiger partial charge in [0.05, 0.1) is 0 Å². The van der Waals surface area contributed by atoms with Crippen molar-refractivity contribution >= 4 is 11.6 Å². The molecule has 1 aliphatic rings. The molecule has 19 heavy (non-hydrogen) atoms. The Morgan fingerprint density at radius 2 is 2.00 bits per heavy atom. The summed E-state index contributed by atoms with van der Waals surface area (Å²) < 4.78 is 0. The number of rotatable bonds is 3. The summed E-state index contributed by atoms with van der Waals surface area (Å²) in [6, 6.07) is 5.75. The molecule has 0 bridgehead atoms. The van der Waals surface area contributed by atoms with E-state index in [9.17, 15) is 4.79 Å². The van der Waals surface area contributed by atoms with Gasteiger partial charge in [-0.2, -0.15) is 0 Å². The van der Waals surface area contributed by atoms with Gasteiger partial charge in [-0.15, -0.1) is 0 Å².